The molecule has 2 amide bonds. The number of benzene rings is 1. The lowest BCUT2D eigenvalue weighted by molar-refractivity contribution is 0.218. The molecule has 0 aliphatic carbocycles. The molecule has 100 valence electrons. The minimum atomic E-state index is -0.229. The van der Waals surface area contributed by atoms with Crippen molar-refractivity contribution in [2.24, 2.45) is 5.73 Å². The van der Waals surface area contributed by atoms with Gasteiger partial charge in [-0.25, -0.2) is 9.59 Å². The van der Waals surface area contributed by atoms with Crippen molar-refractivity contribution in [3.05, 3.63) is 34.2 Å². The number of fused-ring (bicyclic) bond motifs is 1. The number of rotatable bonds is 3. The van der Waals surface area contributed by atoms with Gasteiger partial charge in [-0.2, -0.15) is 0 Å². The van der Waals surface area contributed by atoms with Crippen molar-refractivity contribution in [3.8, 4) is 0 Å². The van der Waals surface area contributed by atoms with Crippen LogP contribution in [0.3, 0.4) is 0 Å². The first kappa shape index (κ1) is 11.8. The number of hydrogen-bond donors (Lipinski definition) is 4. The van der Waals surface area contributed by atoms with Crippen LogP contribution in [0.25, 0.3) is 11.0 Å². The molecule has 1 atom stereocenters. The number of carbonyl (C=O) groups is 1. The first-order valence-corrected chi connectivity index (χ1v) is 6.15. The third-order valence-corrected chi connectivity index (χ3v) is 3.33. The van der Waals surface area contributed by atoms with Gasteiger partial charge in [0.25, 0.3) is 0 Å². The third kappa shape index (κ3) is 2.08. The highest BCUT2D eigenvalue weighted by atomic mass is 16.2. The number of aromatic amines is 2. The lowest BCUT2D eigenvalue weighted by Crippen LogP contribution is -2.32. The Balaban J connectivity index is 1.88. The Labute approximate surface area is 108 Å². The molecule has 1 saturated heterocycles. The van der Waals surface area contributed by atoms with Crippen LogP contribution in [-0.2, 0) is 0 Å². The van der Waals surface area contributed by atoms with E-state index in [1.165, 1.54) is 0 Å². The minimum absolute atomic E-state index is 0.0677. The number of imidazole rings is 1. The van der Waals surface area contributed by atoms with E-state index < -0.39 is 0 Å². The largest absolute Gasteiger partial charge is 0.329 e. The van der Waals surface area contributed by atoms with Crippen LogP contribution in [-0.4, -0.2) is 40.5 Å². The summed E-state index contributed by atoms with van der Waals surface area (Å²) in [6, 6.07) is 5.45. The number of H-pyrrole nitrogens is 2. The summed E-state index contributed by atoms with van der Waals surface area (Å²) in [5.74, 6) is 0. The summed E-state index contributed by atoms with van der Waals surface area (Å²) in [6.07, 6.45) is 0. The maximum atomic E-state index is 11.7. The molecular weight excluding hydrogens is 246 g/mol. The first-order chi connectivity index (χ1) is 9.17. The smallest absolute Gasteiger partial charge is 0.323 e. The molecule has 7 heteroatoms. The van der Waals surface area contributed by atoms with Gasteiger partial charge >= 0.3 is 11.7 Å². The molecule has 2 heterocycles. The lowest BCUT2D eigenvalue weighted by atomic mass is 10.1. The predicted octanol–water partition coefficient (Wildman–Crippen LogP) is -0.119. The SMILES string of the molecule is NCCN1CC(c2ccc3[nH]c(=O)[nH]c3c2)NC1=O. The van der Waals surface area contributed by atoms with Gasteiger partial charge in [-0.1, -0.05) is 6.07 Å². The number of urea groups is 1. The predicted molar refractivity (Wildman–Crippen MR) is 70.8 cm³/mol. The molecular formula is C12H15N5O2. The molecule has 19 heavy (non-hydrogen) atoms. The van der Waals surface area contributed by atoms with Gasteiger partial charge in [-0.15, -0.1) is 0 Å². The topological polar surface area (TPSA) is 107 Å². The zero-order chi connectivity index (χ0) is 13.4. The van der Waals surface area contributed by atoms with E-state index in [0.717, 1.165) is 16.6 Å². The second-order valence-corrected chi connectivity index (χ2v) is 4.62. The fourth-order valence-corrected chi connectivity index (χ4v) is 2.39. The lowest BCUT2D eigenvalue weighted by Gasteiger charge is -2.13. The van der Waals surface area contributed by atoms with Crippen molar-refractivity contribution in [3.63, 3.8) is 0 Å². The summed E-state index contributed by atoms with van der Waals surface area (Å²) in [7, 11) is 0. The zero-order valence-electron chi connectivity index (χ0n) is 10.3. The number of nitrogens with one attached hydrogen (secondary N) is 3. The highest BCUT2D eigenvalue weighted by Crippen LogP contribution is 2.22. The van der Waals surface area contributed by atoms with Crippen molar-refractivity contribution in [2.45, 2.75) is 6.04 Å². The van der Waals surface area contributed by atoms with E-state index in [1.807, 2.05) is 18.2 Å². The van der Waals surface area contributed by atoms with Gasteiger partial charge in [0.15, 0.2) is 0 Å². The van der Waals surface area contributed by atoms with Gasteiger partial charge < -0.3 is 25.9 Å². The Bertz CT molecular complexity index is 674. The molecule has 0 bridgehead atoms. The van der Waals surface area contributed by atoms with Crippen LogP contribution in [0.2, 0.25) is 0 Å². The molecule has 3 rings (SSSR count). The summed E-state index contributed by atoms with van der Waals surface area (Å²) < 4.78 is 0. The van der Waals surface area contributed by atoms with Gasteiger partial charge in [0.1, 0.15) is 0 Å². The number of carbonyl (C=O) groups excluding carboxylic acids is 1. The Morgan fingerprint density at radius 2 is 2.05 bits per heavy atom. The molecule has 7 nitrogen and oxygen atoms in total. The van der Waals surface area contributed by atoms with E-state index in [9.17, 15) is 9.59 Å². The van der Waals surface area contributed by atoms with Crippen molar-refractivity contribution < 1.29 is 4.79 Å². The molecule has 0 saturated carbocycles. The number of aromatic nitrogens is 2. The van der Waals surface area contributed by atoms with Crippen LogP contribution in [0, 0.1) is 0 Å². The minimum Gasteiger partial charge on any atom is -0.329 e. The van der Waals surface area contributed by atoms with Crippen LogP contribution < -0.4 is 16.7 Å². The summed E-state index contributed by atoms with van der Waals surface area (Å²) >= 11 is 0. The fraction of sp³-hybridized carbons (Fsp3) is 0.333. The summed E-state index contributed by atoms with van der Waals surface area (Å²) in [6.45, 7) is 1.59. The highest BCUT2D eigenvalue weighted by molar-refractivity contribution is 5.79. The van der Waals surface area contributed by atoms with E-state index in [1.54, 1.807) is 4.90 Å². The number of nitrogens with zero attached hydrogens (tertiary/aromatic N) is 1. The van der Waals surface area contributed by atoms with E-state index in [-0.39, 0.29) is 17.8 Å². The molecule has 2 aromatic rings. The number of amides is 2. The van der Waals surface area contributed by atoms with Crippen LogP contribution in [0.4, 0.5) is 4.79 Å². The van der Waals surface area contributed by atoms with Crippen molar-refractivity contribution in [2.75, 3.05) is 19.6 Å². The van der Waals surface area contributed by atoms with Crippen LogP contribution in [0.1, 0.15) is 11.6 Å². The molecule has 0 radical (unpaired) electrons. The molecule has 1 aromatic heterocycles. The van der Waals surface area contributed by atoms with Crippen molar-refractivity contribution in [1.82, 2.24) is 20.2 Å². The average Bonchev–Trinajstić information content (AvgIpc) is 2.91. The monoisotopic (exact) mass is 261 g/mol. The van der Waals surface area contributed by atoms with E-state index in [0.29, 0.717) is 19.6 Å². The van der Waals surface area contributed by atoms with E-state index in [4.69, 9.17) is 5.73 Å². The molecule has 0 spiro atoms. The highest BCUT2D eigenvalue weighted by Gasteiger charge is 2.29. The molecule has 1 aliphatic rings. The van der Waals surface area contributed by atoms with E-state index >= 15 is 0 Å². The van der Waals surface area contributed by atoms with Gasteiger partial charge in [0, 0.05) is 19.6 Å². The Morgan fingerprint density at radius 1 is 1.26 bits per heavy atom. The molecule has 1 aliphatic heterocycles. The van der Waals surface area contributed by atoms with Gasteiger partial charge in [0.2, 0.25) is 0 Å². The Hall–Kier alpha value is -2.28. The standard InChI is InChI=1S/C12H15N5O2/c13-3-4-17-6-10(16-12(17)19)7-1-2-8-9(5-7)15-11(18)14-8/h1-2,5,10H,3-4,6,13H2,(H,16,19)(H2,14,15,18). The maximum Gasteiger partial charge on any atom is 0.323 e. The summed E-state index contributed by atoms with van der Waals surface area (Å²) in [5.41, 5.74) is 7.71. The fourth-order valence-electron chi connectivity index (χ4n) is 2.39. The molecule has 1 fully saturated rings. The van der Waals surface area contributed by atoms with Crippen molar-refractivity contribution in [1.29, 1.82) is 0 Å². The third-order valence-electron chi connectivity index (χ3n) is 3.33. The van der Waals surface area contributed by atoms with Crippen LogP contribution in [0.15, 0.2) is 23.0 Å². The average molecular weight is 261 g/mol. The Morgan fingerprint density at radius 3 is 2.84 bits per heavy atom. The van der Waals surface area contributed by atoms with Crippen LogP contribution in [0.5, 0.6) is 0 Å². The zero-order valence-corrected chi connectivity index (χ0v) is 10.3. The second-order valence-electron chi connectivity index (χ2n) is 4.62. The number of hydrogen-bond acceptors (Lipinski definition) is 3. The first-order valence-electron chi connectivity index (χ1n) is 6.15. The normalized spacial score (nSPS) is 19.1. The van der Waals surface area contributed by atoms with Gasteiger partial charge in [0.05, 0.1) is 17.1 Å². The quantitative estimate of drug-likeness (QED) is 0.618. The Kier molecular flexibility index (Phi) is 2.75. The van der Waals surface area contributed by atoms with E-state index in [2.05, 4.69) is 15.3 Å². The van der Waals surface area contributed by atoms with Gasteiger partial charge in [-0.3, -0.25) is 0 Å². The molecule has 1 aromatic carbocycles. The molecule has 5 N–H and O–H groups in total. The van der Waals surface area contributed by atoms with Crippen molar-refractivity contribution >= 4 is 17.1 Å². The summed E-state index contributed by atoms with van der Waals surface area (Å²) in [5, 5.41) is 2.91. The van der Waals surface area contributed by atoms with Gasteiger partial charge in [-0.05, 0) is 17.7 Å². The number of nitrogens with two attached hydrogens (primary N) is 1. The maximum absolute atomic E-state index is 11.7. The second kappa shape index (κ2) is 4.43. The summed E-state index contributed by atoms with van der Waals surface area (Å²) in [4.78, 5) is 30.0. The molecule has 1 unspecified atom stereocenters. The van der Waals surface area contributed by atoms with Crippen LogP contribution >= 0.6 is 0 Å².